The molecule has 2 aromatic rings. The highest BCUT2D eigenvalue weighted by molar-refractivity contribution is 9.10. The van der Waals surface area contributed by atoms with Crippen LogP contribution in [-0.2, 0) is 16.6 Å². The van der Waals surface area contributed by atoms with E-state index < -0.39 is 15.6 Å². The Bertz CT molecular complexity index is 731. The quantitative estimate of drug-likeness (QED) is 0.732. The van der Waals surface area contributed by atoms with Crippen LogP contribution in [0.1, 0.15) is 5.76 Å². The Morgan fingerprint density at radius 3 is 2.74 bits per heavy atom. The molecule has 2 rings (SSSR count). The molecule has 8 nitrogen and oxygen atoms in total. The lowest BCUT2D eigenvalue weighted by Crippen LogP contribution is -2.16. The number of rotatable bonds is 4. The molecule has 4 N–H and O–H groups in total. The molecule has 0 radical (unpaired) electrons. The van der Waals surface area contributed by atoms with Crippen LogP contribution in [0.2, 0.25) is 0 Å². The summed E-state index contributed by atoms with van der Waals surface area (Å²) in [6.45, 7) is 0.0744. The first-order valence-electron chi connectivity index (χ1n) is 4.99. The van der Waals surface area contributed by atoms with Crippen molar-refractivity contribution in [2.24, 2.45) is 5.73 Å². The van der Waals surface area contributed by atoms with E-state index in [-0.39, 0.29) is 21.9 Å². The molecule has 0 saturated heterocycles. The second kappa shape index (κ2) is 5.15. The standard InChI is InChI=1S/C9H9BrN4O4S/c10-9-6(3-5(4-11)18-9)19(16,17)14-7-1-2-8(15)13-12-7/h1-3H,4,11H2,(H,12,14)(H,13,15). The van der Waals surface area contributed by atoms with E-state index in [0.29, 0.717) is 5.76 Å². The maximum atomic E-state index is 12.1. The van der Waals surface area contributed by atoms with Crippen LogP contribution in [0.4, 0.5) is 5.82 Å². The number of furan rings is 1. The number of hydrogen-bond acceptors (Lipinski definition) is 6. The predicted molar refractivity (Wildman–Crippen MR) is 70.0 cm³/mol. The molecular formula is C9H9BrN4O4S. The topological polar surface area (TPSA) is 131 Å². The summed E-state index contributed by atoms with van der Waals surface area (Å²) in [5.41, 5.74) is 4.93. The number of sulfonamides is 1. The summed E-state index contributed by atoms with van der Waals surface area (Å²) in [4.78, 5) is 10.7. The van der Waals surface area contributed by atoms with E-state index in [1.165, 1.54) is 12.1 Å². The van der Waals surface area contributed by atoms with Crippen molar-refractivity contribution < 1.29 is 12.8 Å². The Morgan fingerprint density at radius 2 is 2.21 bits per heavy atom. The van der Waals surface area contributed by atoms with Gasteiger partial charge >= 0.3 is 0 Å². The van der Waals surface area contributed by atoms with E-state index in [9.17, 15) is 13.2 Å². The molecule has 0 aliphatic carbocycles. The van der Waals surface area contributed by atoms with Gasteiger partial charge in [0.05, 0.1) is 6.54 Å². The van der Waals surface area contributed by atoms with Crippen LogP contribution in [0.25, 0.3) is 0 Å². The van der Waals surface area contributed by atoms with E-state index in [2.05, 4.69) is 30.8 Å². The molecule has 0 amide bonds. The summed E-state index contributed by atoms with van der Waals surface area (Å²) in [7, 11) is -3.88. The number of nitrogens with zero attached hydrogens (tertiary/aromatic N) is 1. The van der Waals surface area contributed by atoms with Crippen molar-refractivity contribution in [2.45, 2.75) is 11.4 Å². The fourth-order valence-electron chi connectivity index (χ4n) is 1.28. The third-order valence-corrected chi connectivity index (χ3v) is 4.33. The predicted octanol–water partition coefficient (Wildman–Crippen LogP) is 0.385. The van der Waals surface area contributed by atoms with Gasteiger partial charge in [-0.25, -0.2) is 13.5 Å². The molecule has 0 saturated carbocycles. The Balaban J connectivity index is 2.34. The SMILES string of the molecule is NCc1cc(S(=O)(=O)Nc2ccc(=O)[nH]n2)c(Br)o1. The molecule has 0 atom stereocenters. The van der Waals surface area contributed by atoms with E-state index in [1.807, 2.05) is 0 Å². The molecule has 102 valence electrons. The van der Waals surface area contributed by atoms with Crippen LogP contribution in [0.5, 0.6) is 0 Å². The van der Waals surface area contributed by atoms with Crippen LogP contribution in [0.3, 0.4) is 0 Å². The van der Waals surface area contributed by atoms with E-state index >= 15 is 0 Å². The van der Waals surface area contributed by atoms with Gasteiger partial charge in [0.1, 0.15) is 10.7 Å². The third kappa shape index (κ3) is 3.03. The maximum Gasteiger partial charge on any atom is 0.267 e. The van der Waals surface area contributed by atoms with Gasteiger partial charge in [-0.1, -0.05) is 0 Å². The van der Waals surface area contributed by atoms with Crippen molar-refractivity contribution in [3.05, 3.63) is 39.0 Å². The smallest absolute Gasteiger partial charge is 0.267 e. The van der Waals surface area contributed by atoms with Gasteiger partial charge in [-0.2, -0.15) is 5.10 Å². The highest BCUT2D eigenvalue weighted by Crippen LogP contribution is 2.27. The molecule has 0 unspecified atom stereocenters. The van der Waals surface area contributed by atoms with Gasteiger partial charge in [0.15, 0.2) is 10.5 Å². The van der Waals surface area contributed by atoms with E-state index in [1.54, 1.807) is 0 Å². The minimum atomic E-state index is -3.88. The number of nitrogens with two attached hydrogens (primary N) is 1. The Morgan fingerprint density at radius 1 is 1.47 bits per heavy atom. The van der Waals surface area contributed by atoms with Crippen LogP contribution in [-0.4, -0.2) is 18.6 Å². The van der Waals surface area contributed by atoms with Crippen LogP contribution in [0, 0.1) is 0 Å². The molecule has 0 aliphatic heterocycles. The summed E-state index contributed by atoms with van der Waals surface area (Å²) >= 11 is 3.00. The normalized spacial score (nSPS) is 11.5. The van der Waals surface area contributed by atoms with Crippen LogP contribution in [0.15, 0.2) is 37.0 Å². The number of aromatic amines is 1. The average Bonchev–Trinajstić information content (AvgIpc) is 2.74. The molecule has 0 aromatic carbocycles. The summed E-state index contributed by atoms with van der Waals surface area (Å²) in [5, 5.41) is 5.66. The van der Waals surface area contributed by atoms with E-state index in [4.69, 9.17) is 10.2 Å². The van der Waals surface area contributed by atoms with Gasteiger partial charge in [-0.05, 0) is 22.0 Å². The first kappa shape index (κ1) is 13.8. The Kier molecular flexibility index (Phi) is 3.73. The van der Waals surface area contributed by atoms with Gasteiger partial charge in [-0.15, -0.1) is 0 Å². The van der Waals surface area contributed by atoms with Crippen molar-refractivity contribution in [3.63, 3.8) is 0 Å². The molecule has 0 bridgehead atoms. The van der Waals surface area contributed by atoms with Crippen LogP contribution < -0.4 is 16.0 Å². The number of halogens is 1. The van der Waals surface area contributed by atoms with Gasteiger partial charge in [0.2, 0.25) is 0 Å². The first-order valence-corrected chi connectivity index (χ1v) is 7.27. The van der Waals surface area contributed by atoms with Crippen LogP contribution >= 0.6 is 15.9 Å². The van der Waals surface area contributed by atoms with Crippen molar-refractivity contribution >= 4 is 31.8 Å². The molecule has 0 spiro atoms. The lowest BCUT2D eigenvalue weighted by Gasteiger charge is -2.04. The monoisotopic (exact) mass is 348 g/mol. The number of nitrogens with one attached hydrogen (secondary N) is 2. The minimum Gasteiger partial charge on any atom is -0.452 e. The average molecular weight is 349 g/mol. The van der Waals surface area contributed by atoms with Gasteiger partial charge in [0.25, 0.3) is 15.6 Å². The zero-order chi connectivity index (χ0) is 14.0. The van der Waals surface area contributed by atoms with Crippen molar-refractivity contribution in [2.75, 3.05) is 4.72 Å². The van der Waals surface area contributed by atoms with Gasteiger partial charge in [0, 0.05) is 12.1 Å². The lowest BCUT2D eigenvalue weighted by atomic mass is 10.5. The fraction of sp³-hybridized carbons (Fsp3) is 0.111. The molecule has 2 aromatic heterocycles. The first-order chi connectivity index (χ1) is 8.92. The lowest BCUT2D eigenvalue weighted by molar-refractivity contribution is 0.484. The largest absolute Gasteiger partial charge is 0.452 e. The second-order valence-electron chi connectivity index (χ2n) is 3.47. The third-order valence-electron chi connectivity index (χ3n) is 2.12. The highest BCUT2D eigenvalue weighted by Gasteiger charge is 2.22. The van der Waals surface area contributed by atoms with Crippen molar-refractivity contribution in [1.82, 2.24) is 10.2 Å². The van der Waals surface area contributed by atoms with E-state index in [0.717, 1.165) is 6.07 Å². The summed E-state index contributed by atoms with van der Waals surface area (Å²) < 4.78 is 31.5. The highest BCUT2D eigenvalue weighted by atomic mass is 79.9. The Hall–Kier alpha value is -1.65. The molecule has 0 fully saturated rings. The maximum absolute atomic E-state index is 12.1. The molecule has 0 aliphatic rings. The van der Waals surface area contributed by atoms with Gasteiger partial charge in [-0.3, -0.25) is 9.52 Å². The fourth-order valence-corrected chi connectivity index (χ4v) is 3.28. The molecular weight excluding hydrogens is 340 g/mol. The number of H-pyrrole nitrogens is 1. The molecule has 19 heavy (non-hydrogen) atoms. The molecule has 2 heterocycles. The van der Waals surface area contributed by atoms with Crippen molar-refractivity contribution in [3.8, 4) is 0 Å². The zero-order valence-corrected chi connectivity index (χ0v) is 11.8. The summed E-state index contributed by atoms with van der Waals surface area (Å²) in [6.07, 6.45) is 0. The number of aromatic nitrogens is 2. The second-order valence-corrected chi connectivity index (χ2v) is 5.84. The minimum absolute atomic E-state index is 0.0120. The number of hydrogen-bond donors (Lipinski definition) is 3. The van der Waals surface area contributed by atoms with Gasteiger partial charge < -0.3 is 10.2 Å². The summed E-state index contributed by atoms with van der Waals surface area (Å²) in [6, 6.07) is 3.70. The Labute approximate surface area is 116 Å². The molecule has 10 heteroatoms. The summed E-state index contributed by atoms with van der Waals surface area (Å²) in [5.74, 6) is 0.309. The zero-order valence-electron chi connectivity index (χ0n) is 9.38. The number of anilines is 1. The van der Waals surface area contributed by atoms with Crippen molar-refractivity contribution in [1.29, 1.82) is 0 Å².